The zero-order chi connectivity index (χ0) is 7.11. The number of hydrogen-bond donors (Lipinski definition) is 0. The largest absolute Gasteiger partial charge is 0.0848 e. The first-order chi connectivity index (χ1) is 4.27. The topological polar surface area (TPSA) is 0 Å². The van der Waals surface area contributed by atoms with Crippen LogP contribution in [0.4, 0.5) is 0 Å². The second-order valence-corrected chi connectivity index (χ2v) is 2.66. The van der Waals surface area contributed by atoms with Crippen molar-refractivity contribution in [1.82, 2.24) is 0 Å². The van der Waals surface area contributed by atoms with Gasteiger partial charge in [0.2, 0.25) is 0 Å². The highest BCUT2D eigenvalue weighted by Gasteiger charge is 1.70. The fourth-order valence-electron chi connectivity index (χ4n) is 0.375. The minimum absolute atomic E-state index is 0.906. The van der Waals surface area contributed by atoms with E-state index in [0.29, 0.717) is 0 Å². The Hall–Kier alpha value is -0.300. The van der Waals surface area contributed by atoms with Crippen molar-refractivity contribution >= 4 is 15.9 Å². The molecular formula is C8H11Br. The van der Waals surface area contributed by atoms with E-state index in [9.17, 15) is 0 Å². The number of rotatable bonds is 3. The summed E-state index contributed by atoms with van der Waals surface area (Å²) >= 11 is 3.21. The maximum Gasteiger partial charge on any atom is 0.0103 e. The van der Waals surface area contributed by atoms with Crippen molar-refractivity contribution in [2.24, 2.45) is 0 Å². The summed E-state index contributed by atoms with van der Waals surface area (Å²) in [7, 11) is 0. The van der Waals surface area contributed by atoms with Crippen LogP contribution in [-0.2, 0) is 0 Å². The fraction of sp³-hybridized carbons (Fsp3) is 0.250. The van der Waals surface area contributed by atoms with Gasteiger partial charge in [0.15, 0.2) is 0 Å². The SMILES string of the molecule is C=C(Br)/C=C\C=C/CC. The molecule has 0 aliphatic rings. The highest BCUT2D eigenvalue weighted by Crippen LogP contribution is 2.01. The Kier molecular flexibility index (Phi) is 5.64. The van der Waals surface area contributed by atoms with Gasteiger partial charge in [-0.2, -0.15) is 0 Å². The first-order valence-corrected chi connectivity index (χ1v) is 3.74. The van der Waals surface area contributed by atoms with Gasteiger partial charge in [0.05, 0.1) is 0 Å². The third kappa shape index (κ3) is 7.70. The van der Waals surface area contributed by atoms with Gasteiger partial charge in [0, 0.05) is 4.48 Å². The van der Waals surface area contributed by atoms with Crippen LogP contribution < -0.4 is 0 Å². The molecule has 0 aliphatic carbocycles. The van der Waals surface area contributed by atoms with E-state index in [-0.39, 0.29) is 0 Å². The van der Waals surface area contributed by atoms with Crippen LogP contribution in [0.1, 0.15) is 13.3 Å². The Bertz CT molecular complexity index is 132. The van der Waals surface area contributed by atoms with Gasteiger partial charge >= 0.3 is 0 Å². The number of halogens is 1. The number of allylic oxidation sites excluding steroid dienone is 5. The zero-order valence-electron chi connectivity index (χ0n) is 5.60. The molecule has 0 amide bonds. The number of hydrogen-bond acceptors (Lipinski definition) is 0. The van der Waals surface area contributed by atoms with Crippen LogP contribution in [0.5, 0.6) is 0 Å². The standard InChI is InChI=1S/C8H11Br/c1-3-4-5-6-7-8(2)9/h4-7H,2-3H2,1H3/b5-4-,7-6-. The van der Waals surface area contributed by atoms with Crippen molar-refractivity contribution in [3.05, 3.63) is 35.4 Å². The Morgan fingerprint density at radius 3 is 2.67 bits per heavy atom. The molecule has 0 aromatic rings. The minimum Gasteiger partial charge on any atom is -0.0848 e. The maximum atomic E-state index is 3.65. The summed E-state index contributed by atoms with van der Waals surface area (Å²) < 4.78 is 0.906. The highest BCUT2D eigenvalue weighted by atomic mass is 79.9. The van der Waals surface area contributed by atoms with Crippen LogP contribution in [0.25, 0.3) is 0 Å². The van der Waals surface area contributed by atoms with Crippen molar-refractivity contribution < 1.29 is 0 Å². The van der Waals surface area contributed by atoms with Crippen LogP contribution in [-0.4, -0.2) is 0 Å². The molecular weight excluding hydrogens is 176 g/mol. The van der Waals surface area contributed by atoms with E-state index in [1.165, 1.54) is 0 Å². The molecule has 0 aliphatic heterocycles. The summed E-state index contributed by atoms with van der Waals surface area (Å²) in [5.41, 5.74) is 0. The van der Waals surface area contributed by atoms with E-state index >= 15 is 0 Å². The monoisotopic (exact) mass is 186 g/mol. The van der Waals surface area contributed by atoms with Crippen LogP contribution in [0, 0.1) is 0 Å². The Morgan fingerprint density at radius 2 is 2.22 bits per heavy atom. The maximum absolute atomic E-state index is 3.65. The molecule has 0 atom stereocenters. The predicted octanol–water partition coefficient (Wildman–Crippen LogP) is 3.42. The first kappa shape index (κ1) is 8.70. The Morgan fingerprint density at radius 1 is 1.56 bits per heavy atom. The zero-order valence-corrected chi connectivity index (χ0v) is 7.19. The average molecular weight is 187 g/mol. The van der Waals surface area contributed by atoms with Gasteiger partial charge < -0.3 is 0 Å². The van der Waals surface area contributed by atoms with E-state index in [1.54, 1.807) is 0 Å². The molecule has 0 rings (SSSR count). The summed E-state index contributed by atoms with van der Waals surface area (Å²) in [5.74, 6) is 0. The average Bonchev–Trinajstić information content (AvgIpc) is 1.80. The third-order valence-corrected chi connectivity index (χ3v) is 1.02. The highest BCUT2D eigenvalue weighted by molar-refractivity contribution is 9.11. The van der Waals surface area contributed by atoms with Crippen LogP contribution in [0.2, 0.25) is 0 Å². The summed E-state index contributed by atoms with van der Waals surface area (Å²) in [6.07, 6.45) is 9.05. The molecule has 0 saturated heterocycles. The van der Waals surface area contributed by atoms with Gasteiger partial charge in [-0.1, -0.05) is 47.7 Å². The Labute approximate surface area is 65.1 Å². The van der Waals surface area contributed by atoms with Crippen LogP contribution in [0.15, 0.2) is 35.4 Å². The summed E-state index contributed by atoms with van der Waals surface area (Å²) in [5, 5.41) is 0. The lowest BCUT2D eigenvalue weighted by atomic mass is 10.4. The Balaban J connectivity index is 3.47. The van der Waals surface area contributed by atoms with E-state index in [4.69, 9.17) is 0 Å². The lowest BCUT2D eigenvalue weighted by Crippen LogP contribution is -1.54. The van der Waals surface area contributed by atoms with Gasteiger partial charge in [-0.3, -0.25) is 0 Å². The molecule has 0 N–H and O–H groups in total. The van der Waals surface area contributed by atoms with Gasteiger partial charge in [-0.15, -0.1) is 0 Å². The molecule has 0 aromatic heterocycles. The molecule has 0 saturated carbocycles. The van der Waals surface area contributed by atoms with Crippen molar-refractivity contribution in [2.75, 3.05) is 0 Å². The molecule has 50 valence electrons. The normalized spacial score (nSPS) is 11.3. The fourth-order valence-corrected chi connectivity index (χ4v) is 0.527. The molecule has 0 radical (unpaired) electrons. The predicted molar refractivity (Wildman–Crippen MR) is 46.6 cm³/mol. The van der Waals surface area contributed by atoms with Gasteiger partial charge in [-0.25, -0.2) is 0 Å². The van der Waals surface area contributed by atoms with E-state index < -0.39 is 0 Å². The molecule has 0 heterocycles. The van der Waals surface area contributed by atoms with E-state index in [0.717, 1.165) is 10.9 Å². The van der Waals surface area contributed by atoms with Gasteiger partial charge in [-0.05, 0) is 12.5 Å². The lowest BCUT2D eigenvalue weighted by molar-refractivity contribution is 1.22. The second-order valence-electron chi connectivity index (χ2n) is 1.64. The smallest absolute Gasteiger partial charge is 0.0103 e. The molecule has 0 unspecified atom stereocenters. The molecule has 1 heteroatoms. The van der Waals surface area contributed by atoms with E-state index in [1.807, 2.05) is 18.2 Å². The van der Waals surface area contributed by atoms with Crippen molar-refractivity contribution in [1.29, 1.82) is 0 Å². The quantitative estimate of drug-likeness (QED) is 0.594. The molecule has 9 heavy (non-hydrogen) atoms. The second kappa shape index (κ2) is 5.83. The van der Waals surface area contributed by atoms with Crippen molar-refractivity contribution in [2.45, 2.75) is 13.3 Å². The molecule has 0 nitrogen and oxygen atoms in total. The lowest BCUT2D eigenvalue weighted by Gasteiger charge is -1.77. The first-order valence-electron chi connectivity index (χ1n) is 2.95. The molecule has 0 aromatic carbocycles. The molecule has 0 fully saturated rings. The molecule has 0 bridgehead atoms. The summed E-state index contributed by atoms with van der Waals surface area (Å²) in [4.78, 5) is 0. The van der Waals surface area contributed by atoms with Crippen molar-refractivity contribution in [3.8, 4) is 0 Å². The molecule has 0 spiro atoms. The van der Waals surface area contributed by atoms with Crippen molar-refractivity contribution in [3.63, 3.8) is 0 Å². The van der Waals surface area contributed by atoms with E-state index in [2.05, 4.69) is 35.5 Å². The third-order valence-electron chi connectivity index (χ3n) is 0.760. The van der Waals surface area contributed by atoms with Gasteiger partial charge in [0.25, 0.3) is 0 Å². The van der Waals surface area contributed by atoms with Crippen LogP contribution >= 0.6 is 15.9 Å². The van der Waals surface area contributed by atoms with Crippen LogP contribution in [0.3, 0.4) is 0 Å². The minimum atomic E-state index is 0.906. The summed E-state index contributed by atoms with van der Waals surface area (Å²) in [6, 6.07) is 0. The van der Waals surface area contributed by atoms with Gasteiger partial charge in [0.1, 0.15) is 0 Å². The summed E-state index contributed by atoms with van der Waals surface area (Å²) in [6.45, 7) is 5.75.